The van der Waals surface area contributed by atoms with Crippen LogP contribution in [0.4, 0.5) is 11.4 Å². The van der Waals surface area contributed by atoms with Gasteiger partial charge >= 0.3 is 0 Å². The van der Waals surface area contributed by atoms with Crippen LogP contribution in [-0.4, -0.2) is 45.7 Å². The second kappa shape index (κ2) is 10.8. The molecule has 0 spiro atoms. The number of benzene rings is 2. The molecule has 0 radical (unpaired) electrons. The van der Waals surface area contributed by atoms with Gasteiger partial charge in [0.25, 0.3) is 5.91 Å². The molecule has 3 aromatic rings. The fourth-order valence-corrected chi connectivity index (χ4v) is 4.01. The van der Waals surface area contributed by atoms with Crippen LogP contribution in [0.25, 0.3) is 5.69 Å². The van der Waals surface area contributed by atoms with Crippen LogP contribution in [0.1, 0.15) is 49.4 Å². The molecule has 1 aliphatic rings. The SMILES string of the molecule is CCCCC(NC(=O)c1ccc(-n2cncn2)cc1)C(=O)Nc1cccc(N2CCCC2)c1. The zero-order valence-corrected chi connectivity index (χ0v) is 18.9. The van der Waals surface area contributed by atoms with Crippen molar-refractivity contribution in [2.75, 3.05) is 23.3 Å². The first-order valence-corrected chi connectivity index (χ1v) is 11.6. The summed E-state index contributed by atoms with van der Waals surface area (Å²) in [5, 5.41) is 10.0. The second-order valence-electron chi connectivity index (χ2n) is 8.29. The summed E-state index contributed by atoms with van der Waals surface area (Å²) in [6, 6.07) is 14.4. The van der Waals surface area contributed by atoms with Gasteiger partial charge in [0.05, 0.1) is 5.69 Å². The third-order valence-electron chi connectivity index (χ3n) is 5.87. The van der Waals surface area contributed by atoms with Crippen LogP contribution in [0.3, 0.4) is 0 Å². The minimum Gasteiger partial charge on any atom is -0.371 e. The first kappa shape index (κ1) is 22.5. The lowest BCUT2D eigenvalue weighted by atomic mass is 10.1. The molecule has 2 amide bonds. The van der Waals surface area contributed by atoms with E-state index in [0.29, 0.717) is 12.0 Å². The van der Waals surface area contributed by atoms with Gasteiger partial charge in [-0.2, -0.15) is 5.10 Å². The lowest BCUT2D eigenvalue weighted by molar-refractivity contribution is -0.118. The van der Waals surface area contributed by atoms with Crippen molar-refractivity contribution >= 4 is 23.2 Å². The van der Waals surface area contributed by atoms with Crippen LogP contribution < -0.4 is 15.5 Å². The van der Waals surface area contributed by atoms with Crippen molar-refractivity contribution in [2.24, 2.45) is 0 Å². The monoisotopic (exact) mass is 446 g/mol. The fraction of sp³-hybridized carbons (Fsp3) is 0.360. The van der Waals surface area contributed by atoms with Crippen LogP contribution in [0.15, 0.2) is 61.2 Å². The number of unbranched alkanes of at least 4 members (excludes halogenated alkanes) is 1. The molecule has 0 aliphatic carbocycles. The van der Waals surface area contributed by atoms with Crippen molar-refractivity contribution in [2.45, 2.75) is 45.1 Å². The Morgan fingerprint density at radius 2 is 1.85 bits per heavy atom. The zero-order valence-electron chi connectivity index (χ0n) is 18.9. The molecule has 1 aliphatic heterocycles. The molecular formula is C25H30N6O2. The average Bonchev–Trinajstić information content (AvgIpc) is 3.57. The highest BCUT2D eigenvalue weighted by Gasteiger charge is 2.22. The molecule has 172 valence electrons. The quantitative estimate of drug-likeness (QED) is 0.522. The molecule has 4 rings (SSSR count). The summed E-state index contributed by atoms with van der Waals surface area (Å²) in [5.41, 5.74) is 3.16. The Hall–Kier alpha value is -3.68. The normalized spacial score (nSPS) is 14.2. The van der Waals surface area contributed by atoms with Crippen molar-refractivity contribution in [1.29, 1.82) is 0 Å². The number of anilines is 2. The van der Waals surface area contributed by atoms with Crippen molar-refractivity contribution in [3.63, 3.8) is 0 Å². The number of carbonyl (C=O) groups excluding carboxylic acids is 2. The standard InChI is InChI=1S/C25H30N6O2/c1-2-3-9-23(25(33)28-20-7-6-8-22(16-20)30-14-4-5-15-30)29-24(32)19-10-12-21(13-11-19)31-18-26-17-27-31/h6-8,10-13,16-18,23H,2-5,9,14-15H2,1H3,(H,28,33)(H,29,32). The lowest BCUT2D eigenvalue weighted by Gasteiger charge is -2.21. The minimum absolute atomic E-state index is 0.199. The van der Waals surface area contributed by atoms with Gasteiger partial charge in [0.2, 0.25) is 5.91 Å². The molecule has 8 heteroatoms. The number of rotatable bonds is 9. The molecule has 0 saturated carbocycles. The van der Waals surface area contributed by atoms with E-state index in [0.717, 1.165) is 43.0 Å². The highest BCUT2D eigenvalue weighted by Crippen LogP contribution is 2.23. The number of hydrogen-bond acceptors (Lipinski definition) is 5. The van der Waals surface area contributed by atoms with Gasteiger partial charge in [-0.05, 0) is 61.7 Å². The van der Waals surface area contributed by atoms with Crippen LogP contribution in [-0.2, 0) is 4.79 Å². The van der Waals surface area contributed by atoms with Gasteiger partial charge in [-0.1, -0.05) is 25.8 Å². The van der Waals surface area contributed by atoms with Gasteiger partial charge in [0.15, 0.2) is 0 Å². The first-order chi connectivity index (χ1) is 16.1. The molecule has 8 nitrogen and oxygen atoms in total. The van der Waals surface area contributed by atoms with Gasteiger partial charge in [-0.15, -0.1) is 0 Å². The molecule has 1 saturated heterocycles. The Labute approximate surface area is 194 Å². The molecule has 1 unspecified atom stereocenters. The van der Waals surface area contributed by atoms with Gasteiger partial charge in [0.1, 0.15) is 18.7 Å². The average molecular weight is 447 g/mol. The van der Waals surface area contributed by atoms with Crippen molar-refractivity contribution in [3.05, 3.63) is 66.7 Å². The third-order valence-corrected chi connectivity index (χ3v) is 5.87. The van der Waals surface area contributed by atoms with Crippen LogP contribution in [0.5, 0.6) is 0 Å². The summed E-state index contributed by atoms with van der Waals surface area (Å²) in [5.74, 6) is -0.475. The van der Waals surface area contributed by atoms with Gasteiger partial charge < -0.3 is 15.5 Å². The van der Waals surface area contributed by atoms with Crippen LogP contribution in [0, 0.1) is 0 Å². The Bertz CT molecular complexity index is 1060. The lowest BCUT2D eigenvalue weighted by Crippen LogP contribution is -2.43. The Morgan fingerprint density at radius 1 is 1.06 bits per heavy atom. The van der Waals surface area contributed by atoms with E-state index < -0.39 is 6.04 Å². The molecule has 1 fully saturated rings. The van der Waals surface area contributed by atoms with E-state index in [2.05, 4.69) is 38.6 Å². The molecule has 0 bridgehead atoms. The maximum absolute atomic E-state index is 13.1. The molecule has 2 heterocycles. The van der Waals surface area contributed by atoms with Crippen LogP contribution >= 0.6 is 0 Å². The predicted octanol–water partition coefficient (Wildman–Crippen LogP) is 3.79. The molecule has 1 atom stereocenters. The van der Waals surface area contributed by atoms with E-state index in [1.54, 1.807) is 35.3 Å². The van der Waals surface area contributed by atoms with Crippen molar-refractivity contribution in [1.82, 2.24) is 20.1 Å². The van der Waals surface area contributed by atoms with E-state index in [1.165, 1.54) is 19.2 Å². The van der Waals surface area contributed by atoms with Gasteiger partial charge in [-0.3, -0.25) is 9.59 Å². The van der Waals surface area contributed by atoms with Crippen molar-refractivity contribution in [3.8, 4) is 5.69 Å². The van der Waals surface area contributed by atoms with Gasteiger partial charge in [0, 0.05) is 30.0 Å². The topological polar surface area (TPSA) is 92.1 Å². The first-order valence-electron chi connectivity index (χ1n) is 11.6. The number of nitrogens with one attached hydrogen (secondary N) is 2. The summed E-state index contributed by atoms with van der Waals surface area (Å²) in [7, 11) is 0. The molecular weight excluding hydrogens is 416 g/mol. The summed E-state index contributed by atoms with van der Waals surface area (Å²) < 4.78 is 1.62. The molecule has 1 aromatic heterocycles. The maximum atomic E-state index is 13.1. The smallest absolute Gasteiger partial charge is 0.251 e. The third kappa shape index (κ3) is 5.77. The minimum atomic E-state index is -0.608. The van der Waals surface area contributed by atoms with E-state index >= 15 is 0 Å². The van der Waals surface area contributed by atoms with E-state index in [-0.39, 0.29) is 11.8 Å². The number of amides is 2. The highest BCUT2D eigenvalue weighted by atomic mass is 16.2. The van der Waals surface area contributed by atoms with E-state index in [4.69, 9.17) is 0 Å². The molecule has 2 N–H and O–H groups in total. The van der Waals surface area contributed by atoms with Gasteiger partial charge in [-0.25, -0.2) is 9.67 Å². The summed E-state index contributed by atoms with van der Waals surface area (Å²) >= 11 is 0. The summed E-state index contributed by atoms with van der Waals surface area (Å²) in [6.45, 7) is 4.16. The maximum Gasteiger partial charge on any atom is 0.251 e. The number of carbonyl (C=O) groups is 2. The van der Waals surface area contributed by atoms with E-state index in [9.17, 15) is 9.59 Å². The largest absolute Gasteiger partial charge is 0.371 e. The Kier molecular flexibility index (Phi) is 7.34. The Morgan fingerprint density at radius 3 is 2.55 bits per heavy atom. The number of hydrogen-bond donors (Lipinski definition) is 2. The second-order valence-corrected chi connectivity index (χ2v) is 8.29. The molecule has 33 heavy (non-hydrogen) atoms. The van der Waals surface area contributed by atoms with E-state index in [1.807, 2.05) is 18.2 Å². The predicted molar refractivity (Wildman–Crippen MR) is 129 cm³/mol. The number of aromatic nitrogens is 3. The van der Waals surface area contributed by atoms with Crippen molar-refractivity contribution < 1.29 is 9.59 Å². The fourth-order valence-electron chi connectivity index (χ4n) is 4.01. The zero-order chi connectivity index (χ0) is 23.0. The highest BCUT2D eigenvalue weighted by molar-refractivity contribution is 6.01. The Balaban J connectivity index is 1.42. The summed E-state index contributed by atoms with van der Waals surface area (Å²) in [4.78, 5) is 32.2. The van der Waals surface area contributed by atoms with Crippen LogP contribution in [0.2, 0.25) is 0 Å². The molecule has 2 aromatic carbocycles. The number of nitrogens with zero attached hydrogens (tertiary/aromatic N) is 4. The summed E-state index contributed by atoms with van der Waals surface area (Å²) in [6.07, 6.45) is 7.81.